The highest BCUT2D eigenvalue weighted by Crippen LogP contribution is 2.46. The van der Waals surface area contributed by atoms with Crippen LogP contribution in [0.4, 0.5) is 0 Å². The molecule has 6 heteroatoms. The van der Waals surface area contributed by atoms with Crippen molar-refractivity contribution in [3.05, 3.63) is 46.5 Å². The average Bonchev–Trinajstić information content (AvgIpc) is 3.74. The van der Waals surface area contributed by atoms with Gasteiger partial charge in [-0.2, -0.15) is 15.0 Å². The maximum absolute atomic E-state index is 5.25. The third-order valence-corrected chi connectivity index (χ3v) is 10.4. The van der Waals surface area contributed by atoms with E-state index < -0.39 is 0 Å². The van der Waals surface area contributed by atoms with Crippen LogP contribution in [0.2, 0.25) is 0 Å². The Morgan fingerprint density at radius 3 is 1.87 bits per heavy atom. The maximum atomic E-state index is 5.25. The quantitative estimate of drug-likeness (QED) is 0.112. The molecule has 0 fully saturated rings. The number of nitrogens with zero attached hydrogens (tertiary/aromatic N) is 3. The van der Waals surface area contributed by atoms with Gasteiger partial charge in [-0.25, -0.2) is 0 Å². The molecule has 0 aliphatic rings. The van der Waals surface area contributed by atoms with Crippen LogP contribution in [0, 0.1) is 5.92 Å². The largest absolute Gasteiger partial charge is 0.183 e. The number of fused-ring (bicyclic) bond motifs is 2. The molecule has 3 nitrogen and oxygen atoms in total. The lowest BCUT2D eigenvalue weighted by molar-refractivity contribution is 0.327. The lowest BCUT2D eigenvalue weighted by Crippen LogP contribution is -2.13. The van der Waals surface area contributed by atoms with Crippen LogP contribution >= 0.6 is 34.0 Å². The minimum absolute atomic E-state index is 0.649. The number of rotatable bonds is 16. The van der Waals surface area contributed by atoms with Crippen molar-refractivity contribution in [3.63, 3.8) is 0 Å². The molecule has 1 atom stereocenters. The highest BCUT2D eigenvalue weighted by Gasteiger charge is 2.23. The standard InChI is InChI=1S/C32H41N3S3/c1-3-5-7-9-10-12-16-24(15-11-8-6-4-2)23-35-33-30-28(26-17-13-20-36-26)25-19-22-38-32(25)29(31(30)34-35)27-18-14-21-37-27/h13-14,17-22,24H,3-12,15-16,23H2,1-2H3. The van der Waals surface area contributed by atoms with Crippen LogP contribution in [0.5, 0.6) is 0 Å². The molecule has 0 N–H and O–H groups in total. The SMILES string of the molecule is CCCCCCCCC(CCCCCC)Cn1nc2c(-c3cccs3)c3ccsc3c(-c3cccs3)c2n1. The molecule has 4 heterocycles. The maximum Gasteiger partial charge on any atom is 0.124 e. The molecular formula is C32H41N3S3. The number of hydrogen-bond acceptors (Lipinski definition) is 5. The second-order valence-electron chi connectivity index (χ2n) is 10.6. The molecule has 0 aliphatic carbocycles. The Morgan fingerprint density at radius 1 is 0.658 bits per heavy atom. The molecule has 0 radical (unpaired) electrons. The molecule has 202 valence electrons. The molecule has 1 unspecified atom stereocenters. The van der Waals surface area contributed by atoms with Crippen molar-refractivity contribution in [1.29, 1.82) is 0 Å². The molecule has 0 bridgehead atoms. The summed E-state index contributed by atoms with van der Waals surface area (Å²) in [6, 6.07) is 11.0. The predicted octanol–water partition coefficient (Wildman–Crippen LogP) is 11.4. The summed E-state index contributed by atoms with van der Waals surface area (Å²) in [5, 5.41) is 18.4. The van der Waals surface area contributed by atoms with Crippen LogP contribution in [-0.4, -0.2) is 15.0 Å². The van der Waals surface area contributed by atoms with E-state index >= 15 is 0 Å². The zero-order chi connectivity index (χ0) is 26.2. The van der Waals surface area contributed by atoms with E-state index in [4.69, 9.17) is 10.2 Å². The Bertz CT molecular complexity index is 1290. The van der Waals surface area contributed by atoms with Crippen molar-refractivity contribution in [3.8, 4) is 20.9 Å². The van der Waals surface area contributed by atoms with E-state index in [0.717, 1.165) is 17.6 Å². The van der Waals surface area contributed by atoms with Crippen LogP contribution < -0.4 is 0 Å². The smallest absolute Gasteiger partial charge is 0.124 e. The highest BCUT2D eigenvalue weighted by atomic mass is 32.1. The second kappa shape index (κ2) is 13.9. The first-order valence-corrected chi connectivity index (χ1v) is 17.3. The Kier molecular flexibility index (Phi) is 10.0. The fourth-order valence-corrected chi connectivity index (χ4v) is 8.24. The molecule has 1 aromatic carbocycles. The predicted molar refractivity (Wildman–Crippen MR) is 170 cm³/mol. The van der Waals surface area contributed by atoms with Crippen LogP contribution in [0.3, 0.4) is 0 Å². The zero-order valence-electron chi connectivity index (χ0n) is 23.0. The molecule has 0 saturated heterocycles. The summed E-state index contributed by atoms with van der Waals surface area (Å²) in [6.07, 6.45) is 16.0. The summed E-state index contributed by atoms with van der Waals surface area (Å²) in [6.45, 7) is 5.52. The first kappa shape index (κ1) is 27.5. The van der Waals surface area contributed by atoms with E-state index in [9.17, 15) is 0 Å². The van der Waals surface area contributed by atoms with E-state index in [1.165, 1.54) is 108 Å². The summed E-state index contributed by atoms with van der Waals surface area (Å²) < 4.78 is 1.33. The van der Waals surface area contributed by atoms with Gasteiger partial charge in [0.1, 0.15) is 11.0 Å². The number of benzene rings is 1. The number of hydrogen-bond donors (Lipinski definition) is 0. The number of thiophene rings is 3. The molecular weight excluding hydrogens is 523 g/mol. The van der Waals surface area contributed by atoms with E-state index in [0.29, 0.717) is 5.92 Å². The minimum atomic E-state index is 0.649. The molecule has 5 rings (SSSR count). The summed E-state index contributed by atoms with van der Waals surface area (Å²) in [7, 11) is 0. The van der Waals surface area contributed by atoms with Gasteiger partial charge < -0.3 is 0 Å². The lowest BCUT2D eigenvalue weighted by atomic mass is 9.94. The van der Waals surface area contributed by atoms with Crippen molar-refractivity contribution >= 4 is 55.1 Å². The Morgan fingerprint density at radius 2 is 1.24 bits per heavy atom. The van der Waals surface area contributed by atoms with Crippen molar-refractivity contribution in [1.82, 2.24) is 15.0 Å². The van der Waals surface area contributed by atoms with Crippen molar-refractivity contribution in [2.45, 2.75) is 97.4 Å². The van der Waals surface area contributed by atoms with Crippen LogP contribution in [0.15, 0.2) is 46.5 Å². The average molecular weight is 564 g/mol. The summed E-state index contributed by atoms with van der Waals surface area (Å²) in [4.78, 5) is 4.63. The van der Waals surface area contributed by atoms with E-state index in [1.807, 2.05) is 11.3 Å². The van der Waals surface area contributed by atoms with Gasteiger partial charge in [0.2, 0.25) is 0 Å². The van der Waals surface area contributed by atoms with Gasteiger partial charge in [-0.15, -0.1) is 34.0 Å². The summed E-state index contributed by atoms with van der Waals surface area (Å²) in [5.41, 5.74) is 4.65. The topological polar surface area (TPSA) is 30.7 Å². The van der Waals surface area contributed by atoms with Gasteiger partial charge >= 0.3 is 0 Å². The number of aromatic nitrogens is 3. The van der Waals surface area contributed by atoms with Gasteiger partial charge in [0.25, 0.3) is 0 Å². The lowest BCUT2D eigenvalue weighted by Gasteiger charge is -2.16. The van der Waals surface area contributed by atoms with Gasteiger partial charge in [-0.05, 0) is 53.1 Å². The van der Waals surface area contributed by atoms with E-state index in [1.54, 1.807) is 22.7 Å². The molecule has 0 amide bonds. The fourth-order valence-electron chi connectivity index (χ4n) is 5.65. The van der Waals surface area contributed by atoms with Crippen LogP contribution in [-0.2, 0) is 6.54 Å². The first-order chi connectivity index (χ1) is 18.8. The van der Waals surface area contributed by atoms with Crippen molar-refractivity contribution in [2.24, 2.45) is 5.92 Å². The second-order valence-corrected chi connectivity index (χ2v) is 13.4. The molecule has 4 aromatic heterocycles. The van der Waals surface area contributed by atoms with Gasteiger partial charge in [0.15, 0.2) is 0 Å². The highest BCUT2D eigenvalue weighted by molar-refractivity contribution is 7.19. The van der Waals surface area contributed by atoms with Crippen molar-refractivity contribution in [2.75, 3.05) is 0 Å². The zero-order valence-corrected chi connectivity index (χ0v) is 25.4. The third kappa shape index (κ3) is 6.40. The van der Waals surface area contributed by atoms with Gasteiger partial charge in [0, 0.05) is 31.0 Å². The van der Waals surface area contributed by atoms with Gasteiger partial charge in [-0.1, -0.05) is 90.2 Å². The fraction of sp³-hybridized carbons (Fsp3) is 0.500. The molecule has 5 aromatic rings. The third-order valence-electron chi connectivity index (χ3n) is 7.68. The van der Waals surface area contributed by atoms with Crippen LogP contribution in [0.1, 0.15) is 90.9 Å². The first-order valence-electron chi connectivity index (χ1n) is 14.7. The summed E-state index contributed by atoms with van der Waals surface area (Å²) >= 11 is 5.43. The molecule has 38 heavy (non-hydrogen) atoms. The van der Waals surface area contributed by atoms with E-state index in [2.05, 4.69) is 65.1 Å². The normalized spacial score (nSPS) is 12.7. The monoisotopic (exact) mass is 563 g/mol. The Hall–Kier alpha value is -2.02. The van der Waals surface area contributed by atoms with Gasteiger partial charge in [0.05, 0.1) is 6.54 Å². The van der Waals surface area contributed by atoms with Gasteiger partial charge in [-0.3, -0.25) is 0 Å². The van der Waals surface area contributed by atoms with Crippen molar-refractivity contribution < 1.29 is 0 Å². The van der Waals surface area contributed by atoms with Crippen LogP contribution in [0.25, 0.3) is 42.0 Å². The number of unbranched alkanes of at least 4 members (excludes halogenated alkanes) is 8. The molecule has 0 saturated carbocycles. The molecule has 0 spiro atoms. The Labute approximate surface area is 239 Å². The molecule has 0 aliphatic heterocycles. The summed E-state index contributed by atoms with van der Waals surface area (Å²) in [5.74, 6) is 0.649. The minimum Gasteiger partial charge on any atom is -0.183 e. The van der Waals surface area contributed by atoms with E-state index in [-0.39, 0.29) is 0 Å². The Balaban J connectivity index is 1.47.